The fourth-order valence-corrected chi connectivity index (χ4v) is 2.55. The first-order valence-electron chi connectivity index (χ1n) is 7.54. The van der Waals surface area contributed by atoms with Gasteiger partial charge < -0.3 is 16.4 Å². The average Bonchev–Trinajstić information content (AvgIpc) is 2.50. The summed E-state index contributed by atoms with van der Waals surface area (Å²) in [5.41, 5.74) is 6.87. The summed E-state index contributed by atoms with van der Waals surface area (Å²) in [4.78, 5) is 23.6. The van der Waals surface area contributed by atoms with Gasteiger partial charge in [0.15, 0.2) is 0 Å². The number of carbonyl (C=O) groups excluding carboxylic acids is 2. The Morgan fingerprint density at radius 1 is 1.05 bits per heavy atom. The Labute approximate surface area is 137 Å². The number of nitrogens with two attached hydrogens (primary N) is 1. The highest BCUT2D eigenvalue weighted by molar-refractivity contribution is 5.98. The van der Waals surface area contributed by atoms with Crippen LogP contribution in [-0.4, -0.2) is 17.4 Å². The minimum Gasteiger partial charge on any atom is -0.326 e. The van der Waals surface area contributed by atoms with E-state index in [9.17, 15) is 9.59 Å². The topological polar surface area (TPSA) is 84.2 Å². The Morgan fingerprint density at radius 3 is 2.05 bits per heavy atom. The smallest absolute Gasteiger partial charge is 0.244 e. The first-order chi connectivity index (χ1) is 10.0. The van der Waals surface area contributed by atoms with Crippen LogP contribution < -0.4 is 16.4 Å². The summed E-state index contributed by atoms with van der Waals surface area (Å²) in [6, 6.07) is 7.09. The second-order valence-electron chi connectivity index (χ2n) is 5.65. The highest BCUT2D eigenvalue weighted by Gasteiger charge is 2.35. The van der Waals surface area contributed by atoms with Crippen LogP contribution in [0.5, 0.6) is 0 Å². The van der Waals surface area contributed by atoms with E-state index in [0.29, 0.717) is 12.1 Å². The molecule has 1 fully saturated rings. The summed E-state index contributed by atoms with van der Waals surface area (Å²) in [7, 11) is 0. The van der Waals surface area contributed by atoms with Crippen molar-refractivity contribution >= 4 is 35.6 Å². The molecule has 0 unspecified atom stereocenters. The van der Waals surface area contributed by atoms with Gasteiger partial charge in [0.1, 0.15) is 0 Å². The van der Waals surface area contributed by atoms with Crippen molar-refractivity contribution in [3.8, 4) is 0 Å². The predicted octanol–water partition coefficient (Wildman–Crippen LogP) is 3.06. The van der Waals surface area contributed by atoms with Gasteiger partial charge in [0, 0.05) is 17.8 Å². The van der Waals surface area contributed by atoms with E-state index in [1.54, 1.807) is 31.2 Å². The molecule has 122 valence electrons. The van der Waals surface area contributed by atoms with Crippen molar-refractivity contribution < 1.29 is 9.59 Å². The molecule has 0 bridgehead atoms. The van der Waals surface area contributed by atoms with Gasteiger partial charge >= 0.3 is 0 Å². The monoisotopic (exact) mass is 325 g/mol. The fraction of sp³-hybridized carbons (Fsp3) is 0.500. The van der Waals surface area contributed by atoms with Crippen molar-refractivity contribution in [2.24, 2.45) is 5.73 Å². The maximum absolute atomic E-state index is 12.3. The summed E-state index contributed by atoms with van der Waals surface area (Å²) in [6.07, 6.45) is 5.08. The quantitative estimate of drug-likeness (QED) is 0.795. The molecule has 1 saturated carbocycles. The average molecular weight is 326 g/mol. The number of anilines is 2. The van der Waals surface area contributed by atoms with Crippen molar-refractivity contribution in [2.75, 3.05) is 10.6 Å². The van der Waals surface area contributed by atoms with Crippen molar-refractivity contribution in [1.29, 1.82) is 0 Å². The van der Waals surface area contributed by atoms with Crippen LogP contribution in [0.4, 0.5) is 11.4 Å². The molecule has 0 aromatic heterocycles. The molecule has 0 saturated heterocycles. The van der Waals surface area contributed by atoms with E-state index in [4.69, 9.17) is 5.73 Å². The van der Waals surface area contributed by atoms with E-state index in [1.165, 1.54) is 0 Å². The zero-order chi connectivity index (χ0) is 15.3. The lowest BCUT2D eigenvalue weighted by Crippen LogP contribution is -2.52. The predicted molar refractivity (Wildman–Crippen MR) is 91.2 cm³/mol. The number of benzene rings is 1. The molecule has 5 nitrogen and oxygen atoms in total. The zero-order valence-corrected chi connectivity index (χ0v) is 13.7. The standard InChI is InChI=1S/C16H23N3O2.ClH/c1-2-14(20)18-12-6-8-13(9-7-12)19-15(21)16(17)10-4-3-5-11-16;/h6-9H,2-5,10-11,17H2,1H3,(H,18,20)(H,19,21);1H. The van der Waals surface area contributed by atoms with Gasteiger partial charge in [-0.25, -0.2) is 0 Å². The van der Waals surface area contributed by atoms with Gasteiger partial charge in [0.25, 0.3) is 0 Å². The highest BCUT2D eigenvalue weighted by atomic mass is 35.5. The van der Waals surface area contributed by atoms with E-state index >= 15 is 0 Å². The molecule has 1 aliphatic carbocycles. The van der Waals surface area contributed by atoms with Crippen LogP contribution in [0.1, 0.15) is 45.4 Å². The molecule has 0 aliphatic heterocycles. The summed E-state index contributed by atoms with van der Waals surface area (Å²) >= 11 is 0. The van der Waals surface area contributed by atoms with Gasteiger partial charge in [-0.05, 0) is 37.1 Å². The van der Waals surface area contributed by atoms with Gasteiger partial charge in [-0.1, -0.05) is 26.2 Å². The van der Waals surface area contributed by atoms with Gasteiger partial charge in [-0.15, -0.1) is 12.4 Å². The van der Waals surface area contributed by atoms with Crippen LogP contribution >= 0.6 is 12.4 Å². The van der Waals surface area contributed by atoms with Crippen molar-refractivity contribution in [1.82, 2.24) is 0 Å². The number of halogens is 1. The molecule has 0 atom stereocenters. The minimum absolute atomic E-state index is 0. The molecule has 2 amide bonds. The largest absolute Gasteiger partial charge is 0.326 e. The number of rotatable bonds is 4. The van der Waals surface area contributed by atoms with E-state index in [0.717, 1.165) is 37.8 Å². The first kappa shape index (κ1) is 18.5. The Hall–Kier alpha value is -1.59. The maximum atomic E-state index is 12.3. The summed E-state index contributed by atoms with van der Waals surface area (Å²) < 4.78 is 0. The molecule has 1 aromatic carbocycles. The third kappa shape index (κ3) is 4.71. The summed E-state index contributed by atoms with van der Waals surface area (Å²) in [5, 5.41) is 5.64. The Balaban J connectivity index is 0.00000242. The summed E-state index contributed by atoms with van der Waals surface area (Å²) in [5.74, 6) is -0.151. The molecule has 0 heterocycles. The van der Waals surface area contributed by atoms with E-state index < -0.39 is 5.54 Å². The molecular formula is C16H24ClN3O2. The number of carbonyl (C=O) groups is 2. The lowest BCUT2D eigenvalue weighted by molar-refractivity contribution is -0.122. The van der Waals surface area contributed by atoms with Gasteiger partial charge in [0.05, 0.1) is 5.54 Å². The van der Waals surface area contributed by atoms with Gasteiger partial charge in [0.2, 0.25) is 11.8 Å². The van der Waals surface area contributed by atoms with Crippen LogP contribution in [0.3, 0.4) is 0 Å². The zero-order valence-electron chi connectivity index (χ0n) is 12.9. The minimum atomic E-state index is -0.743. The third-order valence-corrected chi connectivity index (χ3v) is 3.95. The molecule has 4 N–H and O–H groups in total. The maximum Gasteiger partial charge on any atom is 0.244 e. The second-order valence-corrected chi connectivity index (χ2v) is 5.65. The molecule has 22 heavy (non-hydrogen) atoms. The molecule has 1 aromatic rings. The fourth-order valence-electron chi connectivity index (χ4n) is 2.55. The number of hydrogen-bond acceptors (Lipinski definition) is 3. The van der Waals surface area contributed by atoms with Crippen LogP contribution in [0.2, 0.25) is 0 Å². The van der Waals surface area contributed by atoms with Gasteiger partial charge in [-0.2, -0.15) is 0 Å². The highest BCUT2D eigenvalue weighted by Crippen LogP contribution is 2.27. The van der Waals surface area contributed by atoms with E-state index in [-0.39, 0.29) is 24.2 Å². The number of nitrogens with one attached hydrogen (secondary N) is 2. The second kappa shape index (κ2) is 8.15. The normalized spacial score (nSPS) is 16.3. The molecule has 6 heteroatoms. The molecule has 0 spiro atoms. The van der Waals surface area contributed by atoms with Crippen molar-refractivity contribution in [3.63, 3.8) is 0 Å². The van der Waals surface area contributed by atoms with E-state index in [1.807, 2.05) is 0 Å². The van der Waals surface area contributed by atoms with Crippen molar-refractivity contribution in [2.45, 2.75) is 51.0 Å². The van der Waals surface area contributed by atoms with Crippen molar-refractivity contribution in [3.05, 3.63) is 24.3 Å². The Bertz CT molecular complexity index is 511. The number of hydrogen-bond donors (Lipinski definition) is 3. The molecule has 1 aliphatic rings. The molecular weight excluding hydrogens is 302 g/mol. The van der Waals surface area contributed by atoms with E-state index in [2.05, 4.69) is 10.6 Å². The Morgan fingerprint density at radius 2 is 1.55 bits per heavy atom. The van der Waals surface area contributed by atoms with Crippen LogP contribution in [0.15, 0.2) is 24.3 Å². The lowest BCUT2D eigenvalue weighted by Gasteiger charge is -2.31. The number of amides is 2. The summed E-state index contributed by atoms with van der Waals surface area (Å²) in [6.45, 7) is 1.80. The van der Waals surface area contributed by atoms with Crippen LogP contribution in [0.25, 0.3) is 0 Å². The SMILES string of the molecule is CCC(=O)Nc1ccc(NC(=O)C2(N)CCCCC2)cc1.Cl. The first-order valence-corrected chi connectivity index (χ1v) is 7.54. The lowest BCUT2D eigenvalue weighted by atomic mass is 9.82. The van der Waals surface area contributed by atoms with Gasteiger partial charge in [-0.3, -0.25) is 9.59 Å². The Kier molecular flexibility index (Phi) is 6.84. The third-order valence-electron chi connectivity index (χ3n) is 3.95. The molecule has 0 radical (unpaired) electrons. The molecule has 2 rings (SSSR count). The van der Waals surface area contributed by atoms with Crippen LogP contribution in [-0.2, 0) is 9.59 Å². The van der Waals surface area contributed by atoms with Crippen LogP contribution in [0, 0.1) is 0 Å².